The van der Waals surface area contributed by atoms with E-state index in [-0.39, 0.29) is 58.4 Å². The molecule has 5 aromatic carbocycles. The Labute approximate surface area is 725 Å². The highest BCUT2D eigenvalue weighted by atomic mass is 35.5. The van der Waals surface area contributed by atoms with Crippen LogP contribution in [0, 0.1) is 5.92 Å². The van der Waals surface area contributed by atoms with E-state index in [1.54, 1.807) is 13.8 Å². The van der Waals surface area contributed by atoms with Crippen molar-refractivity contribution in [3.05, 3.63) is 117 Å². The average Bonchev–Trinajstić information content (AvgIpc) is 0.761. The lowest BCUT2D eigenvalue weighted by Gasteiger charge is -2.48. The number of aliphatic carboxylic acids is 1. The number of phenols is 3. The Morgan fingerprint density at radius 2 is 1.25 bits per heavy atom. The molecule has 0 aromatic heterocycles. The number of primary amides is 1. The van der Waals surface area contributed by atoms with Crippen LogP contribution >= 0.6 is 23.2 Å². The van der Waals surface area contributed by atoms with E-state index >= 15 is 24.0 Å². The highest BCUT2D eigenvalue weighted by molar-refractivity contribution is 6.32. The maximum Gasteiger partial charge on any atom is 0.330 e. The minimum absolute atomic E-state index is 0.112. The number of likely N-dealkylation sites (N-methyl/N-ethyl adjacent to an activating group) is 1. The number of amides is 7. The Morgan fingerprint density at radius 3 is 1.87 bits per heavy atom. The lowest BCUT2D eigenvalue weighted by atomic mass is 9.85. The highest BCUT2D eigenvalue weighted by Crippen LogP contribution is 2.51. The van der Waals surface area contributed by atoms with Crippen LogP contribution in [0.1, 0.15) is 184 Å². The van der Waals surface area contributed by atoms with Gasteiger partial charge in [0.25, 0.3) is 0 Å². The Balaban J connectivity index is 1.12. The van der Waals surface area contributed by atoms with Crippen LogP contribution in [0.25, 0.3) is 11.1 Å². The van der Waals surface area contributed by atoms with Crippen LogP contribution in [0.5, 0.6) is 46.0 Å². The second-order valence-corrected chi connectivity index (χ2v) is 34.1. The predicted molar refractivity (Wildman–Crippen MR) is 445 cm³/mol. The summed E-state index contributed by atoms with van der Waals surface area (Å²) < 4.78 is 52.9. The molecular formula is C85H113Cl2N11O26. The molecule has 0 aliphatic carbocycles. The number of benzene rings is 5. The first-order chi connectivity index (χ1) is 58.8. The van der Waals surface area contributed by atoms with Crippen LogP contribution in [0.2, 0.25) is 10.0 Å². The van der Waals surface area contributed by atoms with Gasteiger partial charge in [-0.1, -0.05) is 107 Å². The third-order valence-electron chi connectivity index (χ3n) is 23.1. The van der Waals surface area contributed by atoms with Gasteiger partial charge >= 0.3 is 5.97 Å². The van der Waals surface area contributed by atoms with Gasteiger partial charge in [-0.25, -0.2) is 4.79 Å². The number of fused-ring (bicyclic) bond motifs is 15. The van der Waals surface area contributed by atoms with Gasteiger partial charge in [0.15, 0.2) is 36.2 Å². The van der Waals surface area contributed by atoms with Gasteiger partial charge in [0.2, 0.25) is 53.4 Å². The maximum atomic E-state index is 16.5. The molecule has 8 aliphatic rings. The van der Waals surface area contributed by atoms with Gasteiger partial charge in [-0.05, 0) is 137 Å². The number of phenolic OH excluding ortho intramolecular Hbond substituents is 3. The number of aliphatic hydroxyl groups excluding tert-OH is 6. The van der Waals surface area contributed by atoms with Crippen molar-refractivity contribution in [3.63, 3.8) is 0 Å². The number of carboxylic acid groups (broad SMARTS) is 1. The number of nitrogens with two attached hydrogens (primary N) is 2. The topological polar surface area (TPSA) is 573 Å². The van der Waals surface area contributed by atoms with Gasteiger partial charge in [-0.2, -0.15) is 0 Å². The number of carbonyl (C=O) groups is 8. The van der Waals surface area contributed by atoms with E-state index < -0.39 is 255 Å². The summed E-state index contributed by atoms with van der Waals surface area (Å²) in [6, 6.07) is -0.226. The van der Waals surface area contributed by atoms with Gasteiger partial charge in [0.1, 0.15) is 89.5 Å². The fourth-order valence-corrected chi connectivity index (χ4v) is 16.8. The molecule has 0 radical (unpaired) electrons. The normalized spacial score (nSPS) is 30.0. The lowest BCUT2D eigenvalue weighted by Crippen LogP contribution is -2.65. The van der Waals surface area contributed by atoms with Crippen molar-refractivity contribution in [3.8, 4) is 57.1 Å². The van der Waals surface area contributed by atoms with Crippen LogP contribution in [0.3, 0.4) is 0 Å². The third-order valence-corrected chi connectivity index (χ3v) is 23.7. The minimum Gasteiger partial charge on any atom is -0.508 e. The van der Waals surface area contributed by atoms with Gasteiger partial charge in [0, 0.05) is 59.8 Å². The fourth-order valence-electron chi connectivity index (χ4n) is 16.3. The Hall–Kier alpha value is -9.36. The van der Waals surface area contributed by atoms with Crippen molar-refractivity contribution >= 4 is 70.5 Å². The van der Waals surface area contributed by atoms with Gasteiger partial charge in [-0.15, -0.1) is 0 Å². The Kier molecular flexibility index (Phi) is 31.8. The number of hydrogen-bond donors (Lipinski definition) is 21. The summed E-state index contributed by atoms with van der Waals surface area (Å²) >= 11 is 14.7. The minimum atomic E-state index is -2.38. The number of hydrogen-bond acceptors (Lipinski definition) is 29. The van der Waals surface area contributed by atoms with E-state index in [0.29, 0.717) is 13.1 Å². The average molecular weight is 1780 g/mol. The van der Waals surface area contributed by atoms with Crippen LogP contribution in [0.4, 0.5) is 0 Å². The molecule has 5 aromatic rings. The van der Waals surface area contributed by atoms with Crippen molar-refractivity contribution in [2.24, 2.45) is 17.4 Å². The largest absolute Gasteiger partial charge is 0.508 e. The van der Waals surface area contributed by atoms with Crippen LogP contribution in [-0.2, 0) is 62.0 Å². The van der Waals surface area contributed by atoms with Gasteiger partial charge in [-0.3, -0.25) is 33.6 Å². The third kappa shape index (κ3) is 22.3. The monoisotopic (exact) mass is 1770 g/mol. The highest BCUT2D eigenvalue weighted by Gasteiger charge is 2.53. The summed E-state index contributed by atoms with van der Waals surface area (Å²) in [4.78, 5) is 121. The molecule has 23 N–H and O–H groups in total. The first kappa shape index (κ1) is 95.3. The van der Waals surface area contributed by atoms with E-state index in [4.69, 9.17) is 72.6 Å². The maximum absolute atomic E-state index is 16.5. The summed E-state index contributed by atoms with van der Waals surface area (Å²) in [5.41, 5.74) is 7.15. The van der Waals surface area contributed by atoms with E-state index in [0.717, 1.165) is 74.3 Å². The molecular weight excluding hydrogens is 1660 g/mol. The van der Waals surface area contributed by atoms with Gasteiger partial charge < -0.3 is 148 Å². The zero-order valence-electron chi connectivity index (χ0n) is 69.9. The molecule has 11 bridgehead atoms. The molecule has 37 nitrogen and oxygen atoms in total. The van der Waals surface area contributed by atoms with Gasteiger partial charge in [0.05, 0.1) is 53.5 Å². The van der Waals surface area contributed by atoms with Crippen LogP contribution in [0.15, 0.2) is 78.9 Å². The number of rotatable bonds is 28. The first-order valence-corrected chi connectivity index (χ1v) is 42.3. The molecule has 0 spiro atoms. The molecule has 13 rings (SSSR count). The molecule has 22 atom stereocenters. The second kappa shape index (κ2) is 41.4. The number of nitrogens with one attached hydrogen (secondary N) is 9. The predicted octanol–water partition coefficient (Wildman–Crippen LogP) is 3.70. The van der Waals surface area contributed by atoms with E-state index in [9.17, 15) is 65.4 Å². The Bertz CT molecular complexity index is 4690. The molecule has 0 unspecified atom stereocenters. The number of unbranched alkanes of at least 4 members (excludes halogenated alkanes) is 7. The number of aliphatic hydroxyl groups is 6. The van der Waals surface area contributed by atoms with Crippen molar-refractivity contribution < 1.29 is 127 Å². The summed E-state index contributed by atoms with van der Waals surface area (Å²) in [6.07, 6.45) is -13.3. The van der Waals surface area contributed by atoms with Crippen LogP contribution < -0.4 is 73.5 Å². The molecule has 39 heteroatoms. The smallest absolute Gasteiger partial charge is 0.330 e. The summed E-state index contributed by atoms with van der Waals surface area (Å²) in [6.45, 7) is 12.8. The lowest BCUT2D eigenvalue weighted by molar-refractivity contribution is -0.334. The summed E-state index contributed by atoms with van der Waals surface area (Å²) in [5.74, 6) is -16.0. The number of carbonyl (C=O) groups excluding carboxylic acids is 7. The number of aromatic hydroxyl groups is 3. The van der Waals surface area contributed by atoms with Crippen molar-refractivity contribution in [1.29, 1.82) is 0 Å². The van der Waals surface area contributed by atoms with Crippen molar-refractivity contribution in [1.82, 2.24) is 47.9 Å². The molecule has 3 fully saturated rings. The molecule has 124 heavy (non-hydrogen) atoms. The molecule has 8 heterocycles. The standard InChI is InChI=1S/C85H113Cl2N11O26/c1-9-10-11-12-13-14-15-16-23-91-24-25-92-85(7)36-61(118-40(5)75(85)108)123-73-70(106)69(105)58(37-99)121-83(73)124-72-56-30-44-31-57(72)120-55-22-19-43(29-49(55)87)71(122-60-35-84(6,89)74(107)39(4)117-60)67-81(114)96-65(82(115)116)47-32-45(100)33-53(102)62(47)46-27-41(17-20-52(46)101)63(78(111)98-67)95-79(112)64(44)94-77(110)51(34-59(88)103)93-80(113)66(97-76(109)50(90-8)26-38(2)3)68(104)42-18-21-54(119-56)48(86)28-42/h17-22,27-33,38-40,50-51,58,60-61,63-71,73-75,83,90-92,99-102,104-108H,9-16,23-26,34-37,89H2,1-8H3,(H2,88,103)(H,93,113)(H,94,110)(H,95,112)(H,96,114)(H,97,109)(H,98,111)(H,115,116)/t39-,40-,50+,51-,58+,60-,61-,63+,64+,65+,66+,67-,68+,69+,70-,71+,73+,74+,75+,83-,84-,85-/m0/s1. The molecule has 7 amide bonds. The quantitative estimate of drug-likeness (QED) is 0.0317. The molecule has 678 valence electrons. The zero-order chi connectivity index (χ0) is 90.1. The SMILES string of the molecule is CCCCCCCCCCNCCN[C@@]1(C)C[C@H](O[C@H]2[C@H](Oc3c4cc5cc3Oc3ccc(cc3Cl)[C@@H](O[C@H]3C[C@](C)(N)[C@H](O)[C@H](C)O3)[C@@H]3NC(=O)[C@H](NC(=O)[C@@H]5NC(=O)[C@H](CC(N)=O)NC(=O)[C@H](NC(=O)[C@@H](CC(C)C)NC)[C@H](O)c5ccc(c(Cl)c5)O4)c4ccc(O)c(c4)-c4c(O)cc(O)cc4[C@H](C(=O)O)NC3=O)O[C@H](CO)[C@@H](O)[C@@H]2O)O[C@@H](C)[C@H]1O. The van der Waals surface area contributed by atoms with E-state index in [2.05, 4.69) is 54.8 Å². The van der Waals surface area contributed by atoms with E-state index in [1.165, 1.54) is 83.3 Å². The van der Waals surface area contributed by atoms with E-state index in [1.807, 2.05) is 13.8 Å². The second-order valence-electron chi connectivity index (χ2n) is 33.3. The summed E-state index contributed by atoms with van der Waals surface area (Å²) in [7, 11) is 1.48. The molecule has 0 saturated carbocycles. The van der Waals surface area contributed by atoms with Crippen molar-refractivity contribution in [2.75, 3.05) is 33.3 Å². The van der Waals surface area contributed by atoms with Crippen molar-refractivity contribution in [2.45, 2.75) is 259 Å². The number of halogens is 2. The number of ether oxygens (including phenoxy) is 8. The Morgan fingerprint density at radius 1 is 0.645 bits per heavy atom. The molecule has 3 saturated heterocycles. The fraction of sp³-hybridized carbons (Fsp3) is 0.553. The summed E-state index contributed by atoms with van der Waals surface area (Å²) in [5, 5.41) is 141. The zero-order valence-corrected chi connectivity index (χ0v) is 71.4. The number of carboxylic acids is 1. The molecule has 8 aliphatic heterocycles. The first-order valence-electron chi connectivity index (χ1n) is 41.5. The van der Waals surface area contributed by atoms with Crippen LogP contribution in [-0.4, -0.2) is 235 Å².